The summed E-state index contributed by atoms with van der Waals surface area (Å²) < 4.78 is 0. The summed E-state index contributed by atoms with van der Waals surface area (Å²) in [6.07, 6.45) is 4.67. The van der Waals surface area contributed by atoms with Crippen molar-refractivity contribution in [2.24, 2.45) is 0 Å². The maximum atomic E-state index is 5.70. The van der Waals surface area contributed by atoms with Gasteiger partial charge in [0.1, 0.15) is 0 Å². The van der Waals surface area contributed by atoms with Gasteiger partial charge in [0.15, 0.2) is 0 Å². The Hall–Kier alpha value is -0.760. The lowest BCUT2D eigenvalue weighted by Crippen LogP contribution is -2.31. The van der Waals surface area contributed by atoms with Crippen molar-refractivity contribution in [1.29, 1.82) is 0 Å². The molecule has 1 heterocycles. The summed E-state index contributed by atoms with van der Waals surface area (Å²) in [7, 11) is 0. The number of rotatable bonds is 5. The van der Waals surface area contributed by atoms with Crippen molar-refractivity contribution in [1.82, 2.24) is 4.98 Å². The molecule has 14 heavy (non-hydrogen) atoms. The molecule has 0 N–H and O–H groups in total. The minimum Gasteiger partial charge on any atom is -0.369 e. The molecule has 3 heteroatoms. The van der Waals surface area contributed by atoms with Crippen LogP contribution in [0.5, 0.6) is 0 Å². The van der Waals surface area contributed by atoms with Gasteiger partial charge in [-0.15, -0.1) is 11.6 Å². The van der Waals surface area contributed by atoms with E-state index < -0.39 is 0 Å². The van der Waals surface area contributed by atoms with E-state index in [1.165, 1.54) is 5.69 Å². The van der Waals surface area contributed by atoms with E-state index >= 15 is 0 Å². The summed E-state index contributed by atoms with van der Waals surface area (Å²) in [5.74, 6) is 0.717. The zero-order valence-corrected chi connectivity index (χ0v) is 9.54. The van der Waals surface area contributed by atoms with Gasteiger partial charge < -0.3 is 4.90 Å². The first-order chi connectivity index (χ1) is 6.75. The van der Waals surface area contributed by atoms with E-state index in [1.807, 2.05) is 24.5 Å². The Balaban J connectivity index is 2.68. The van der Waals surface area contributed by atoms with Crippen molar-refractivity contribution >= 4 is 17.3 Å². The van der Waals surface area contributed by atoms with E-state index in [2.05, 4.69) is 23.7 Å². The Morgan fingerprint density at radius 2 is 2.00 bits per heavy atom. The SMILES string of the molecule is CC(C)N(CCCCl)c1ccncc1. The minimum absolute atomic E-state index is 0.501. The van der Waals surface area contributed by atoms with Crippen molar-refractivity contribution in [3.8, 4) is 0 Å². The topological polar surface area (TPSA) is 16.1 Å². The largest absolute Gasteiger partial charge is 0.369 e. The molecule has 1 aromatic rings. The van der Waals surface area contributed by atoms with Gasteiger partial charge in [0, 0.05) is 36.5 Å². The Morgan fingerprint density at radius 1 is 1.36 bits per heavy atom. The standard InChI is InChI=1S/C11H17ClN2/c1-10(2)14(9-3-6-12)11-4-7-13-8-5-11/h4-5,7-8,10H,3,6,9H2,1-2H3. The van der Waals surface area contributed by atoms with Gasteiger partial charge in [0.2, 0.25) is 0 Å². The molecule has 0 atom stereocenters. The molecule has 0 spiro atoms. The van der Waals surface area contributed by atoms with E-state index in [0.717, 1.165) is 13.0 Å². The molecule has 0 aliphatic heterocycles. The average Bonchev–Trinajstić information content (AvgIpc) is 2.19. The lowest BCUT2D eigenvalue weighted by molar-refractivity contribution is 0.672. The highest BCUT2D eigenvalue weighted by molar-refractivity contribution is 6.17. The third kappa shape index (κ3) is 3.18. The number of hydrogen-bond acceptors (Lipinski definition) is 2. The van der Waals surface area contributed by atoms with Crippen LogP contribution in [0.3, 0.4) is 0 Å². The molecule has 78 valence electrons. The number of hydrogen-bond donors (Lipinski definition) is 0. The monoisotopic (exact) mass is 212 g/mol. The summed E-state index contributed by atoms with van der Waals surface area (Å²) >= 11 is 5.70. The van der Waals surface area contributed by atoms with Gasteiger partial charge in [0.05, 0.1) is 0 Å². The molecule has 0 bridgehead atoms. The summed E-state index contributed by atoms with van der Waals surface area (Å²) in [6, 6.07) is 4.57. The third-order valence-corrected chi connectivity index (χ3v) is 2.42. The molecule has 0 aliphatic rings. The molecule has 0 aliphatic carbocycles. The van der Waals surface area contributed by atoms with Crippen molar-refractivity contribution in [2.45, 2.75) is 26.3 Å². The Labute approximate surface area is 90.9 Å². The van der Waals surface area contributed by atoms with E-state index in [4.69, 9.17) is 11.6 Å². The van der Waals surface area contributed by atoms with E-state index in [1.54, 1.807) is 0 Å². The predicted octanol–water partition coefficient (Wildman–Crippen LogP) is 2.93. The van der Waals surface area contributed by atoms with Gasteiger partial charge in [-0.3, -0.25) is 4.98 Å². The summed E-state index contributed by atoms with van der Waals surface area (Å²) in [5.41, 5.74) is 1.22. The molecule has 2 nitrogen and oxygen atoms in total. The van der Waals surface area contributed by atoms with Crippen LogP contribution < -0.4 is 4.90 Å². The van der Waals surface area contributed by atoms with Crippen LogP contribution in [0, 0.1) is 0 Å². The van der Waals surface area contributed by atoms with Gasteiger partial charge in [-0.05, 0) is 32.4 Å². The molecule has 1 aromatic heterocycles. The fourth-order valence-electron chi connectivity index (χ4n) is 1.45. The maximum Gasteiger partial charge on any atom is 0.0399 e. The number of halogens is 1. The smallest absolute Gasteiger partial charge is 0.0399 e. The Morgan fingerprint density at radius 3 is 2.50 bits per heavy atom. The molecule has 0 fully saturated rings. The third-order valence-electron chi connectivity index (χ3n) is 2.15. The van der Waals surface area contributed by atoms with Crippen LogP contribution in [0.1, 0.15) is 20.3 Å². The highest BCUT2D eigenvalue weighted by Crippen LogP contribution is 2.15. The Kier molecular flexibility index (Phi) is 4.74. The minimum atomic E-state index is 0.501. The highest BCUT2D eigenvalue weighted by Gasteiger charge is 2.08. The highest BCUT2D eigenvalue weighted by atomic mass is 35.5. The predicted molar refractivity (Wildman–Crippen MR) is 62.1 cm³/mol. The van der Waals surface area contributed by atoms with Gasteiger partial charge in [0.25, 0.3) is 0 Å². The molecular formula is C11H17ClN2. The van der Waals surface area contributed by atoms with Crippen molar-refractivity contribution in [3.05, 3.63) is 24.5 Å². The molecule has 0 aromatic carbocycles. The van der Waals surface area contributed by atoms with Crippen LogP contribution in [0.4, 0.5) is 5.69 Å². The van der Waals surface area contributed by atoms with Gasteiger partial charge in [-0.2, -0.15) is 0 Å². The molecule has 0 unspecified atom stereocenters. The Bertz CT molecular complexity index is 249. The van der Waals surface area contributed by atoms with Gasteiger partial charge >= 0.3 is 0 Å². The summed E-state index contributed by atoms with van der Waals surface area (Å²) in [6.45, 7) is 5.38. The van der Waals surface area contributed by atoms with Crippen molar-refractivity contribution in [3.63, 3.8) is 0 Å². The molecule has 0 saturated carbocycles. The fraction of sp³-hybridized carbons (Fsp3) is 0.545. The van der Waals surface area contributed by atoms with Gasteiger partial charge in [-0.25, -0.2) is 0 Å². The second-order valence-electron chi connectivity index (χ2n) is 3.54. The maximum absolute atomic E-state index is 5.70. The summed E-state index contributed by atoms with van der Waals surface area (Å²) in [5, 5.41) is 0. The number of nitrogens with zero attached hydrogens (tertiary/aromatic N) is 2. The quantitative estimate of drug-likeness (QED) is 0.698. The lowest BCUT2D eigenvalue weighted by Gasteiger charge is -2.28. The number of pyridine rings is 1. The molecule has 0 saturated heterocycles. The van der Waals surface area contributed by atoms with Crippen LogP contribution in [0.2, 0.25) is 0 Å². The van der Waals surface area contributed by atoms with Crippen LogP contribution in [-0.2, 0) is 0 Å². The second kappa shape index (κ2) is 5.86. The first-order valence-corrected chi connectivity index (χ1v) is 5.51. The van der Waals surface area contributed by atoms with Crippen molar-refractivity contribution < 1.29 is 0 Å². The molecular weight excluding hydrogens is 196 g/mol. The van der Waals surface area contributed by atoms with Crippen molar-refractivity contribution in [2.75, 3.05) is 17.3 Å². The lowest BCUT2D eigenvalue weighted by atomic mass is 10.2. The first kappa shape index (κ1) is 11.3. The van der Waals surface area contributed by atoms with E-state index in [9.17, 15) is 0 Å². The second-order valence-corrected chi connectivity index (χ2v) is 3.91. The molecule has 0 amide bonds. The molecule has 1 rings (SSSR count). The fourth-order valence-corrected chi connectivity index (χ4v) is 1.57. The zero-order chi connectivity index (χ0) is 10.4. The number of anilines is 1. The van der Waals surface area contributed by atoms with Crippen LogP contribution in [0.15, 0.2) is 24.5 Å². The van der Waals surface area contributed by atoms with Crippen LogP contribution in [0.25, 0.3) is 0 Å². The molecule has 0 radical (unpaired) electrons. The van der Waals surface area contributed by atoms with Crippen LogP contribution >= 0.6 is 11.6 Å². The average molecular weight is 213 g/mol. The van der Waals surface area contributed by atoms with E-state index in [-0.39, 0.29) is 0 Å². The first-order valence-electron chi connectivity index (χ1n) is 4.98. The zero-order valence-electron chi connectivity index (χ0n) is 8.78. The summed E-state index contributed by atoms with van der Waals surface area (Å²) in [4.78, 5) is 6.35. The normalized spacial score (nSPS) is 10.6. The van der Waals surface area contributed by atoms with E-state index in [0.29, 0.717) is 11.9 Å². The van der Waals surface area contributed by atoms with Gasteiger partial charge in [-0.1, -0.05) is 0 Å². The number of alkyl halides is 1. The van der Waals surface area contributed by atoms with Crippen LogP contribution in [-0.4, -0.2) is 23.5 Å². The number of aromatic nitrogens is 1.